The van der Waals surface area contributed by atoms with E-state index in [0.717, 1.165) is 0 Å². The van der Waals surface area contributed by atoms with Gasteiger partial charge in [-0.1, -0.05) is 23.2 Å². The van der Waals surface area contributed by atoms with E-state index in [4.69, 9.17) is 23.2 Å². The van der Waals surface area contributed by atoms with Gasteiger partial charge in [-0.05, 0) is 23.9 Å². The first kappa shape index (κ1) is 12.6. The van der Waals surface area contributed by atoms with Gasteiger partial charge in [-0.2, -0.15) is 0 Å². The molecule has 0 saturated heterocycles. The van der Waals surface area contributed by atoms with Crippen LogP contribution in [0.3, 0.4) is 0 Å². The van der Waals surface area contributed by atoms with Crippen LogP contribution in [-0.2, 0) is 4.79 Å². The number of alkyl halides is 1. The molecule has 2 aromatic rings. The molecular weight excluding hydrogens is 292 g/mol. The first-order valence-corrected chi connectivity index (χ1v) is 6.37. The highest BCUT2D eigenvalue weighted by Gasteiger charge is 2.43. The molecule has 1 amide bonds. The lowest BCUT2D eigenvalue weighted by molar-refractivity contribution is -0.117. The van der Waals surface area contributed by atoms with Crippen molar-refractivity contribution < 1.29 is 9.18 Å². The van der Waals surface area contributed by atoms with Crippen LogP contribution in [-0.4, -0.2) is 22.0 Å². The molecule has 1 saturated carbocycles. The predicted octanol–water partition coefficient (Wildman–Crippen LogP) is 3.23. The molecule has 3 rings (SSSR count). The van der Waals surface area contributed by atoms with Crippen LogP contribution in [0.1, 0.15) is 6.42 Å². The quantitative estimate of drug-likeness (QED) is 0.866. The Kier molecular flexibility index (Phi) is 3.03. The van der Waals surface area contributed by atoms with Gasteiger partial charge in [0.1, 0.15) is 22.3 Å². The molecule has 1 fully saturated rings. The number of pyridine rings is 2. The van der Waals surface area contributed by atoms with Gasteiger partial charge in [-0.15, -0.1) is 0 Å². The van der Waals surface area contributed by atoms with Crippen molar-refractivity contribution in [2.45, 2.75) is 12.6 Å². The van der Waals surface area contributed by atoms with E-state index in [1.807, 2.05) is 0 Å². The molecule has 0 spiro atoms. The maximum absolute atomic E-state index is 12.8. The van der Waals surface area contributed by atoms with Gasteiger partial charge in [-0.3, -0.25) is 4.79 Å². The first-order chi connectivity index (χ1) is 9.04. The number of amides is 1. The van der Waals surface area contributed by atoms with Crippen LogP contribution in [0.25, 0.3) is 10.8 Å². The standard InChI is InChI=1S/C12H8Cl2FN3O/c13-9-1-5-2-10(16-4-7(5)11(14)17-9)18-12(19)6-3-8(6)15/h1-2,4,6,8H,3H2,(H,16,18,19)/t6-,8+/m0/s1. The second kappa shape index (κ2) is 4.58. The number of hydrogen-bond acceptors (Lipinski definition) is 3. The van der Waals surface area contributed by atoms with E-state index in [2.05, 4.69) is 15.3 Å². The Morgan fingerprint density at radius 2 is 2.16 bits per heavy atom. The zero-order chi connectivity index (χ0) is 13.6. The highest BCUT2D eigenvalue weighted by atomic mass is 35.5. The Hall–Kier alpha value is -1.46. The molecule has 2 atom stereocenters. The molecule has 1 aliphatic rings. The number of anilines is 1. The van der Waals surface area contributed by atoms with Crippen molar-refractivity contribution in [3.63, 3.8) is 0 Å². The van der Waals surface area contributed by atoms with E-state index in [-0.39, 0.29) is 22.6 Å². The van der Waals surface area contributed by atoms with Crippen molar-refractivity contribution in [3.05, 3.63) is 28.6 Å². The minimum absolute atomic E-state index is 0.249. The van der Waals surface area contributed by atoms with Crippen LogP contribution in [0.2, 0.25) is 10.3 Å². The van der Waals surface area contributed by atoms with E-state index in [1.165, 1.54) is 6.20 Å². The number of carbonyl (C=O) groups excluding carboxylic acids is 1. The fourth-order valence-electron chi connectivity index (χ4n) is 1.80. The Balaban J connectivity index is 1.91. The van der Waals surface area contributed by atoms with Crippen molar-refractivity contribution >= 4 is 45.7 Å². The molecule has 0 aliphatic heterocycles. The second-order valence-corrected chi connectivity index (χ2v) is 5.12. The summed E-state index contributed by atoms with van der Waals surface area (Å²) in [6, 6.07) is 3.25. The molecule has 7 heteroatoms. The first-order valence-electron chi connectivity index (χ1n) is 5.61. The lowest BCUT2D eigenvalue weighted by Crippen LogP contribution is -2.15. The van der Waals surface area contributed by atoms with E-state index >= 15 is 0 Å². The molecule has 2 aromatic heterocycles. The maximum atomic E-state index is 12.8. The Labute approximate surface area is 117 Å². The summed E-state index contributed by atoms with van der Waals surface area (Å²) in [5.41, 5.74) is 0. The smallest absolute Gasteiger partial charge is 0.231 e. The Bertz CT molecular complexity index is 679. The van der Waals surface area contributed by atoms with Gasteiger partial charge >= 0.3 is 0 Å². The lowest BCUT2D eigenvalue weighted by atomic mass is 10.2. The number of halogens is 3. The van der Waals surface area contributed by atoms with Gasteiger partial charge in [0.05, 0.1) is 5.92 Å². The molecule has 0 unspecified atom stereocenters. The van der Waals surface area contributed by atoms with Crippen molar-refractivity contribution in [3.8, 4) is 0 Å². The van der Waals surface area contributed by atoms with Gasteiger partial charge in [0.25, 0.3) is 0 Å². The third-order valence-corrected chi connectivity index (χ3v) is 3.42. The SMILES string of the molecule is O=C(Nc1cc2cc(Cl)nc(Cl)c2cn1)[C@H]1C[C@H]1F. The summed E-state index contributed by atoms with van der Waals surface area (Å²) in [5.74, 6) is -0.567. The Morgan fingerprint density at radius 1 is 1.42 bits per heavy atom. The summed E-state index contributed by atoms with van der Waals surface area (Å²) in [6.07, 6.45) is 0.741. The van der Waals surface area contributed by atoms with Gasteiger partial charge in [0.2, 0.25) is 5.91 Å². The zero-order valence-electron chi connectivity index (χ0n) is 9.53. The summed E-state index contributed by atoms with van der Waals surface area (Å²) in [6.45, 7) is 0. The number of nitrogens with one attached hydrogen (secondary N) is 1. The van der Waals surface area contributed by atoms with Crippen LogP contribution in [0.15, 0.2) is 18.3 Å². The average molecular weight is 300 g/mol. The molecule has 0 radical (unpaired) electrons. The monoisotopic (exact) mass is 299 g/mol. The lowest BCUT2D eigenvalue weighted by Gasteiger charge is -2.05. The summed E-state index contributed by atoms with van der Waals surface area (Å²) in [7, 11) is 0. The van der Waals surface area contributed by atoms with Crippen molar-refractivity contribution in [2.75, 3.05) is 5.32 Å². The number of carbonyl (C=O) groups is 1. The van der Waals surface area contributed by atoms with E-state index in [0.29, 0.717) is 16.6 Å². The largest absolute Gasteiger partial charge is 0.310 e. The second-order valence-electron chi connectivity index (χ2n) is 4.37. The third kappa shape index (κ3) is 2.48. The number of aromatic nitrogens is 2. The van der Waals surface area contributed by atoms with Crippen LogP contribution >= 0.6 is 23.2 Å². The highest BCUT2D eigenvalue weighted by Crippen LogP contribution is 2.34. The summed E-state index contributed by atoms with van der Waals surface area (Å²) < 4.78 is 12.8. The van der Waals surface area contributed by atoms with E-state index in [9.17, 15) is 9.18 Å². The zero-order valence-corrected chi connectivity index (χ0v) is 11.0. The highest BCUT2D eigenvalue weighted by molar-refractivity contribution is 6.36. The molecule has 0 bridgehead atoms. The Morgan fingerprint density at radius 3 is 2.84 bits per heavy atom. The minimum atomic E-state index is -1.03. The van der Waals surface area contributed by atoms with Crippen molar-refractivity contribution in [1.29, 1.82) is 0 Å². The summed E-state index contributed by atoms with van der Waals surface area (Å²) in [5, 5.41) is 4.42. The molecule has 19 heavy (non-hydrogen) atoms. The molecule has 2 heterocycles. The summed E-state index contributed by atoms with van der Waals surface area (Å²) >= 11 is 11.7. The van der Waals surface area contributed by atoms with E-state index < -0.39 is 12.1 Å². The average Bonchev–Trinajstić information content (AvgIpc) is 3.05. The third-order valence-electron chi connectivity index (χ3n) is 2.94. The minimum Gasteiger partial charge on any atom is -0.310 e. The molecule has 0 aromatic carbocycles. The normalized spacial score (nSPS) is 21.4. The van der Waals surface area contributed by atoms with Gasteiger partial charge < -0.3 is 5.32 Å². The molecule has 1 aliphatic carbocycles. The molecule has 98 valence electrons. The van der Waals surface area contributed by atoms with Crippen LogP contribution < -0.4 is 5.32 Å². The van der Waals surface area contributed by atoms with Gasteiger partial charge in [0.15, 0.2) is 0 Å². The molecular formula is C12H8Cl2FN3O. The molecule has 4 nitrogen and oxygen atoms in total. The number of hydrogen-bond donors (Lipinski definition) is 1. The molecule has 1 N–H and O–H groups in total. The predicted molar refractivity (Wildman–Crippen MR) is 71.2 cm³/mol. The number of nitrogens with zero attached hydrogens (tertiary/aromatic N) is 2. The van der Waals surface area contributed by atoms with Crippen molar-refractivity contribution in [2.24, 2.45) is 5.92 Å². The van der Waals surface area contributed by atoms with Crippen LogP contribution in [0.5, 0.6) is 0 Å². The fraction of sp³-hybridized carbons (Fsp3) is 0.250. The topological polar surface area (TPSA) is 54.9 Å². The number of rotatable bonds is 2. The van der Waals surface area contributed by atoms with Gasteiger partial charge in [-0.25, -0.2) is 14.4 Å². The van der Waals surface area contributed by atoms with Gasteiger partial charge in [0, 0.05) is 11.6 Å². The van der Waals surface area contributed by atoms with Crippen LogP contribution in [0, 0.1) is 5.92 Å². The van der Waals surface area contributed by atoms with Crippen molar-refractivity contribution in [1.82, 2.24) is 9.97 Å². The van der Waals surface area contributed by atoms with Crippen LogP contribution in [0.4, 0.5) is 10.2 Å². The fourth-order valence-corrected chi connectivity index (χ4v) is 2.29. The maximum Gasteiger partial charge on any atom is 0.231 e. The summed E-state index contributed by atoms with van der Waals surface area (Å²) in [4.78, 5) is 19.5. The van der Waals surface area contributed by atoms with E-state index in [1.54, 1.807) is 12.1 Å². The number of fused-ring (bicyclic) bond motifs is 1.